The summed E-state index contributed by atoms with van der Waals surface area (Å²) >= 11 is 0. The highest BCUT2D eigenvalue weighted by molar-refractivity contribution is 7.91. The van der Waals surface area contributed by atoms with Crippen molar-refractivity contribution in [3.63, 3.8) is 0 Å². The van der Waals surface area contributed by atoms with Crippen molar-refractivity contribution in [1.29, 1.82) is 0 Å². The van der Waals surface area contributed by atoms with Gasteiger partial charge in [0.2, 0.25) is 0 Å². The molecule has 1 aromatic carbocycles. The van der Waals surface area contributed by atoms with E-state index in [1.54, 1.807) is 0 Å². The van der Waals surface area contributed by atoms with E-state index in [0.717, 1.165) is 18.7 Å². The van der Waals surface area contributed by atoms with E-state index in [0.29, 0.717) is 17.2 Å². The number of benzene rings is 1. The summed E-state index contributed by atoms with van der Waals surface area (Å²) in [5.41, 5.74) is 2.32. The first kappa shape index (κ1) is 11.2. The number of rotatable bonds is 1. The predicted molar refractivity (Wildman–Crippen MR) is 67.0 cm³/mol. The van der Waals surface area contributed by atoms with Gasteiger partial charge in [0.05, 0.1) is 10.6 Å². The number of nitrogens with one attached hydrogen (secondary N) is 1. The van der Waals surface area contributed by atoms with Crippen LogP contribution in [0.25, 0.3) is 0 Å². The molecule has 3 rings (SSSR count). The van der Waals surface area contributed by atoms with Crippen LogP contribution in [0, 0.1) is 0 Å². The molecule has 1 saturated heterocycles. The Kier molecular flexibility index (Phi) is 2.71. The molecular weight excluding hydrogens is 234 g/mol. The molecule has 1 aromatic rings. The molecule has 17 heavy (non-hydrogen) atoms. The Morgan fingerprint density at radius 3 is 2.94 bits per heavy atom. The Balaban J connectivity index is 1.94. The Morgan fingerprint density at radius 2 is 2.18 bits per heavy atom. The Morgan fingerprint density at radius 1 is 1.29 bits per heavy atom. The Hall–Kier alpha value is -0.870. The van der Waals surface area contributed by atoms with Crippen LogP contribution in [0.15, 0.2) is 23.1 Å². The molecule has 0 spiro atoms. The summed E-state index contributed by atoms with van der Waals surface area (Å²) in [6.45, 7) is 2.13. The van der Waals surface area contributed by atoms with Crippen molar-refractivity contribution in [2.24, 2.45) is 0 Å². The smallest absolute Gasteiger partial charge is 0.178 e. The number of aryl methyl sites for hydroxylation is 1. The molecule has 0 aromatic heterocycles. The fourth-order valence-electron chi connectivity index (χ4n) is 2.84. The second-order valence-electron chi connectivity index (χ2n) is 4.98. The summed E-state index contributed by atoms with van der Waals surface area (Å²) in [5, 5.41) is 3.40. The van der Waals surface area contributed by atoms with E-state index in [2.05, 4.69) is 11.4 Å². The zero-order valence-corrected chi connectivity index (χ0v) is 10.6. The van der Waals surface area contributed by atoms with E-state index in [4.69, 9.17) is 0 Å². The van der Waals surface area contributed by atoms with Crippen LogP contribution in [-0.4, -0.2) is 27.3 Å². The minimum absolute atomic E-state index is 0.286. The van der Waals surface area contributed by atoms with Crippen molar-refractivity contribution in [2.45, 2.75) is 30.1 Å². The summed E-state index contributed by atoms with van der Waals surface area (Å²) in [6.07, 6.45) is 3.10. The fourth-order valence-corrected chi connectivity index (χ4v) is 4.39. The van der Waals surface area contributed by atoms with E-state index in [9.17, 15) is 8.42 Å². The minimum Gasteiger partial charge on any atom is -0.316 e. The van der Waals surface area contributed by atoms with Crippen LogP contribution < -0.4 is 5.32 Å². The van der Waals surface area contributed by atoms with Gasteiger partial charge in [-0.05, 0) is 48.9 Å². The molecule has 1 unspecified atom stereocenters. The van der Waals surface area contributed by atoms with Gasteiger partial charge in [0.1, 0.15) is 0 Å². The standard InChI is InChI=1S/C13H17NO2S/c15-17(16)7-5-11-8-10(3-4-13(11)17)12-2-1-6-14-9-12/h3-4,8,12,14H,1-2,5-7,9H2. The van der Waals surface area contributed by atoms with Crippen LogP contribution in [0.2, 0.25) is 0 Å². The molecule has 0 saturated carbocycles. The van der Waals surface area contributed by atoms with Gasteiger partial charge >= 0.3 is 0 Å². The third-order valence-electron chi connectivity index (χ3n) is 3.83. The molecule has 0 bridgehead atoms. The predicted octanol–water partition coefficient (Wildman–Crippen LogP) is 1.48. The van der Waals surface area contributed by atoms with E-state index < -0.39 is 9.84 Å². The third kappa shape index (κ3) is 2.00. The maximum absolute atomic E-state index is 11.7. The molecule has 3 nitrogen and oxygen atoms in total. The SMILES string of the molecule is O=S1(=O)CCc2cc(C3CCCNC3)ccc21. The highest BCUT2D eigenvalue weighted by atomic mass is 32.2. The molecule has 2 aliphatic rings. The molecule has 0 aliphatic carbocycles. The fraction of sp³-hybridized carbons (Fsp3) is 0.538. The summed E-state index contributed by atoms with van der Waals surface area (Å²) in [5.74, 6) is 0.840. The highest BCUT2D eigenvalue weighted by Gasteiger charge is 2.27. The first-order chi connectivity index (χ1) is 8.17. The lowest BCUT2D eigenvalue weighted by Gasteiger charge is -2.23. The molecule has 2 heterocycles. The van der Waals surface area contributed by atoms with Crippen molar-refractivity contribution >= 4 is 9.84 Å². The summed E-state index contributed by atoms with van der Waals surface area (Å²) < 4.78 is 23.5. The topological polar surface area (TPSA) is 46.2 Å². The van der Waals surface area contributed by atoms with Gasteiger partial charge in [-0.3, -0.25) is 0 Å². The molecule has 4 heteroatoms. The van der Waals surface area contributed by atoms with Crippen LogP contribution in [0.3, 0.4) is 0 Å². The molecule has 2 aliphatic heterocycles. The summed E-state index contributed by atoms with van der Waals surface area (Å²) in [4.78, 5) is 0.560. The Bertz CT molecular complexity index is 530. The molecular formula is C13H17NO2S. The Labute approximate surface area is 102 Å². The van der Waals surface area contributed by atoms with Crippen LogP contribution in [0.4, 0.5) is 0 Å². The quantitative estimate of drug-likeness (QED) is 0.822. The zero-order chi connectivity index (χ0) is 11.9. The van der Waals surface area contributed by atoms with Crippen molar-refractivity contribution in [1.82, 2.24) is 5.32 Å². The van der Waals surface area contributed by atoms with Gasteiger partial charge in [0.25, 0.3) is 0 Å². The number of hydrogen-bond donors (Lipinski definition) is 1. The number of fused-ring (bicyclic) bond motifs is 1. The minimum atomic E-state index is -2.97. The van der Waals surface area contributed by atoms with Gasteiger partial charge in [-0.2, -0.15) is 0 Å². The normalized spacial score (nSPS) is 26.7. The van der Waals surface area contributed by atoms with E-state index in [1.165, 1.54) is 18.4 Å². The van der Waals surface area contributed by atoms with Gasteiger partial charge in [-0.15, -0.1) is 0 Å². The summed E-state index contributed by atoms with van der Waals surface area (Å²) in [7, 11) is -2.97. The number of sulfone groups is 1. The molecule has 0 radical (unpaired) electrons. The van der Waals surface area contributed by atoms with Gasteiger partial charge in [0, 0.05) is 6.54 Å². The molecule has 92 valence electrons. The third-order valence-corrected chi connectivity index (χ3v) is 5.64. The largest absolute Gasteiger partial charge is 0.316 e. The van der Waals surface area contributed by atoms with Gasteiger partial charge in [-0.1, -0.05) is 12.1 Å². The maximum atomic E-state index is 11.7. The van der Waals surface area contributed by atoms with Crippen molar-refractivity contribution in [3.8, 4) is 0 Å². The van der Waals surface area contributed by atoms with Crippen LogP contribution >= 0.6 is 0 Å². The second kappa shape index (κ2) is 4.10. The number of hydrogen-bond acceptors (Lipinski definition) is 3. The first-order valence-corrected chi connectivity index (χ1v) is 7.88. The molecule has 1 fully saturated rings. The number of piperidine rings is 1. The summed E-state index contributed by atoms with van der Waals surface area (Å²) in [6, 6.07) is 5.92. The van der Waals surface area contributed by atoms with Crippen LogP contribution in [0.5, 0.6) is 0 Å². The maximum Gasteiger partial charge on any atom is 0.178 e. The highest BCUT2D eigenvalue weighted by Crippen LogP contribution is 2.31. The van der Waals surface area contributed by atoms with Crippen molar-refractivity contribution < 1.29 is 8.42 Å². The average Bonchev–Trinajstić information content (AvgIpc) is 2.66. The monoisotopic (exact) mass is 251 g/mol. The van der Waals surface area contributed by atoms with Crippen LogP contribution in [0.1, 0.15) is 29.9 Å². The van der Waals surface area contributed by atoms with Crippen molar-refractivity contribution in [2.75, 3.05) is 18.8 Å². The van der Waals surface area contributed by atoms with E-state index in [-0.39, 0.29) is 5.75 Å². The zero-order valence-electron chi connectivity index (χ0n) is 9.78. The second-order valence-corrected chi connectivity index (χ2v) is 7.06. The van der Waals surface area contributed by atoms with Gasteiger partial charge in [-0.25, -0.2) is 8.42 Å². The van der Waals surface area contributed by atoms with E-state index >= 15 is 0 Å². The first-order valence-electron chi connectivity index (χ1n) is 6.23. The van der Waals surface area contributed by atoms with Gasteiger partial charge < -0.3 is 5.32 Å². The lowest BCUT2D eigenvalue weighted by molar-refractivity contribution is 0.461. The van der Waals surface area contributed by atoms with Gasteiger partial charge in [0.15, 0.2) is 9.84 Å². The average molecular weight is 251 g/mol. The molecule has 0 amide bonds. The lowest BCUT2D eigenvalue weighted by atomic mass is 9.90. The lowest BCUT2D eigenvalue weighted by Crippen LogP contribution is -2.28. The molecule has 1 N–H and O–H groups in total. The van der Waals surface area contributed by atoms with E-state index in [1.807, 2.05) is 12.1 Å². The molecule has 1 atom stereocenters. The van der Waals surface area contributed by atoms with Crippen LogP contribution in [-0.2, 0) is 16.3 Å². The van der Waals surface area contributed by atoms with Crippen molar-refractivity contribution in [3.05, 3.63) is 29.3 Å².